The van der Waals surface area contributed by atoms with Crippen molar-refractivity contribution >= 4 is 28.7 Å². The van der Waals surface area contributed by atoms with E-state index in [0.29, 0.717) is 6.04 Å². The average Bonchev–Trinajstić information content (AvgIpc) is 2.50. The van der Waals surface area contributed by atoms with Gasteiger partial charge in [-0.2, -0.15) is 0 Å². The third kappa shape index (κ3) is 3.06. The Balaban J connectivity index is 1.37. The van der Waals surface area contributed by atoms with Gasteiger partial charge in [0.15, 0.2) is 5.11 Å². The highest BCUT2D eigenvalue weighted by molar-refractivity contribution is 7.80. The number of hydrogen-bond donors (Lipinski definition) is 2. The minimum absolute atomic E-state index is 0.601. The summed E-state index contributed by atoms with van der Waals surface area (Å²) in [4.78, 5) is 2.11. The Morgan fingerprint density at radius 1 is 0.957 bits per heavy atom. The zero-order chi connectivity index (χ0) is 16.0. The van der Waals surface area contributed by atoms with Gasteiger partial charge >= 0.3 is 0 Å². The summed E-state index contributed by atoms with van der Waals surface area (Å²) in [5, 5.41) is 7.82. The van der Waals surface area contributed by atoms with Crippen LogP contribution in [0, 0.1) is 23.7 Å². The molecule has 23 heavy (non-hydrogen) atoms. The van der Waals surface area contributed by atoms with Crippen molar-refractivity contribution in [2.45, 2.75) is 38.1 Å². The first-order valence-electron chi connectivity index (χ1n) is 8.93. The number of anilines is 2. The summed E-state index contributed by atoms with van der Waals surface area (Å²) in [7, 11) is 4.11. The van der Waals surface area contributed by atoms with Crippen LogP contribution in [0.4, 0.5) is 11.4 Å². The van der Waals surface area contributed by atoms with Crippen LogP contribution in [-0.4, -0.2) is 25.2 Å². The Labute approximate surface area is 144 Å². The molecule has 0 amide bonds. The second-order valence-electron chi connectivity index (χ2n) is 8.00. The molecule has 4 bridgehead atoms. The van der Waals surface area contributed by atoms with Crippen LogP contribution in [0.5, 0.6) is 0 Å². The molecule has 5 rings (SSSR count). The largest absolute Gasteiger partial charge is 0.378 e. The Bertz CT molecular complexity index is 553. The topological polar surface area (TPSA) is 27.3 Å². The molecule has 0 spiro atoms. The van der Waals surface area contributed by atoms with Gasteiger partial charge in [-0.05, 0) is 92.3 Å². The lowest BCUT2D eigenvalue weighted by molar-refractivity contribution is -0.00665. The van der Waals surface area contributed by atoms with Gasteiger partial charge in [-0.25, -0.2) is 0 Å². The van der Waals surface area contributed by atoms with E-state index in [1.54, 1.807) is 0 Å². The van der Waals surface area contributed by atoms with Crippen molar-refractivity contribution in [2.75, 3.05) is 24.3 Å². The van der Waals surface area contributed by atoms with Gasteiger partial charge in [0.05, 0.1) is 0 Å². The number of thiocarbonyl (C=S) groups is 1. The third-order valence-electron chi connectivity index (χ3n) is 6.17. The van der Waals surface area contributed by atoms with Gasteiger partial charge in [0, 0.05) is 31.5 Å². The summed E-state index contributed by atoms with van der Waals surface area (Å²) < 4.78 is 0. The monoisotopic (exact) mass is 329 g/mol. The molecular weight excluding hydrogens is 302 g/mol. The molecule has 4 aliphatic rings. The number of benzene rings is 1. The van der Waals surface area contributed by atoms with Crippen LogP contribution >= 0.6 is 12.2 Å². The lowest BCUT2D eigenvalue weighted by Gasteiger charge is -2.54. The molecule has 0 heterocycles. The summed E-state index contributed by atoms with van der Waals surface area (Å²) in [6.45, 7) is 0. The van der Waals surface area contributed by atoms with Gasteiger partial charge in [0.1, 0.15) is 0 Å². The van der Waals surface area contributed by atoms with Crippen LogP contribution in [0.1, 0.15) is 32.1 Å². The van der Waals surface area contributed by atoms with Gasteiger partial charge in [0.25, 0.3) is 0 Å². The maximum atomic E-state index is 5.59. The van der Waals surface area contributed by atoms with E-state index in [1.807, 2.05) is 0 Å². The molecule has 0 atom stereocenters. The highest BCUT2D eigenvalue weighted by atomic mass is 32.1. The van der Waals surface area contributed by atoms with E-state index < -0.39 is 0 Å². The van der Waals surface area contributed by atoms with E-state index in [2.05, 4.69) is 53.9 Å². The van der Waals surface area contributed by atoms with Gasteiger partial charge in [-0.1, -0.05) is 0 Å². The summed E-state index contributed by atoms with van der Waals surface area (Å²) in [6, 6.07) is 9.03. The van der Waals surface area contributed by atoms with E-state index in [9.17, 15) is 0 Å². The summed E-state index contributed by atoms with van der Waals surface area (Å²) in [6.07, 6.45) is 7.19. The molecule has 4 fully saturated rings. The SMILES string of the molecule is CN(C)c1ccc(NC(=S)NC2C3CC4CC(C3)CC2C4)cc1. The normalized spacial score (nSPS) is 34.3. The van der Waals surface area contributed by atoms with Crippen molar-refractivity contribution in [3.05, 3.63) is 24.3 Å². The molecule has 2 N–H and O–H groups in total. The standard InChI is InChI=1S/C19H27N3S/c1-22(2)17-5-3-16(4-6-17)20-19(23)21-18-14-8-12-7-13(10-14)11-15(18)9-12/h3-6,12-15,18H,7-11H2,1-2H3,(H2,20,21,23). The Morgan fingerprint density at radius 3 is 2.04 bits per heavy atom. The molecular formula is C19H27N3S. The van der Waals surface area contributed by atoms with Crippen LogP contribution in [0.15, 0.2) is 24.3 Å². The number of hydrogen-bond acceptors (Lipinski definition) is 2. The molecule has 0 saturated heterocycles. The van der Waals surface area contributed by atoms with Crippen LogP contribution in [0.3, 0.4) is 0 Å². The second kappa shape index (κ2) is 5.97. The molecule has 0 aromatic heterocycles. The fourth-order valence-corrected chi connectivity index (χ4v) is 5.58. The Kier molecular flexibility index (Phi) is 3.96. The first-order valence-corrected chi connectivity index (χ1v) is 9.34. The van der Waals surface area contributed by atoms with Crippen LogP contribution in [-0.2, 0) is 0 Å². The summed E-state index contributed by atoms with van der Waals surface area (Å²) >= 11 is 5.59. The van der Waals surface area contributed by atoms with E-state index in [1.165, 1.54) is 37.8 Å². The van der Waals surface area contributed by atoms with Crippen LogP contribution < -0.4 is 15.5 Å². The summed E-state index contributed by atoms with van der Waals surface area (Å²) in [5.74, 6) is 3.72. The Morgan fingerprint density at radius 2 is 1.52 bits per heavy atom. The van der Waals surface area contributed by atoms with Crippen molar-refractivity contribution in [3.8, 4) is 0 Å². The van der Waals surface area contributed by atoms with Gasteiger partial charge in [0.2, 0.25) is 0 Å². The highest BCUT2D eigenvalue weighted by Crippen LogP contribution is 2.53. The zero-order valence-electron chi connectivity index (χ0n) is 14.1. The maximum Gasteiger partial charge on any atom is 0.171 e. The predicted octanol–water partition coefficient (Wildman–Crippen LogP) is 3.86. The maximum absolute atomic E-state index is 5.59. The number of nitrogens with zero attached hydrogens (tertiary/aromatic N) is 1. The summed E-state index contributed by atoms with van der Waals surface area (Å²) in [5.41, 5.74) is 2.27. The van der Waals surface area contributed by atoms with E-state index in [-0.39, 0.29) is 0 Å². The van der Waals surface area contributed by atoms with Gasteiger partial charge in [-0.15, -0.1) is 0 Å². The zero-order valence-corrected chi connectivity index (χ0v) is 14.9. The Hall–Kier alpha value is -1.29. The predicted molar refractivity (Wildman–Crippen MR) is 101 cm³/mol. The fraction of sp³-hybridized carbons (Fsp3) is 0.632. The van der Waals surface area contributed by atoms with Crippen molar-refractivity contribution in [1.82, 2.24) is 5.32 Å². The molecule has 1 aromatic rings. The molecule has 1 aromatic carbocycles. The van der Waals surface area contributed by atoms with Crippen molar-refractivity contribution in [1.29, 1.82) is 0 Å². The molecule has 0 radical (unpaired) electrons. The average molecular weight is 330 g/mol. The van der Waals surface area contributed by atoms with Crippen molar-refractivity contribution < 1.29 is 0 Å². The van der Waals surface area contributed by atoms with E-state index in [0.717, 1.165) is 34.5 Å². The molecule has 3 nitrogen and oxygen atoms in total. The lowest BCUT2D eigenvalue weighted by Crippen LogP contribution is -2.56. The minimum Gasteiger partial charge on any atom is -0.378 e. The third-order valence-corrected chi connectivity index (χ3v) is 6.39. The minimum atomic E-state index is 0.601. The quantitative estimate of drug-likeness (QED) is 0.824. The number of rotatable bonds is 3. The van der Waals surface area contributed by atoms with Gasteiger partial charge < -0.3 is 15.5 Å². The van der Waals surface area contributed by atoms with Crippen molar-refractivity contribution in [2.24, 2.45) is 23.7 Å². The van der Waals surface area contributed by atoms with E-state index in [4.69, 9.17) is 12.2 Å². The van der Waals surface area contributed by atoms with E-state index >= 15 is 0 Å². The molecule has 4 aliphatic carbocycles. The smallest absolute Gasteiger partial charge is 0.171 e. The number of nitrogens with one attached hydrogen (secondary N) is 2. The highest BCUT2D eigenvalue weighted by Gasteiger charge is 2.48. The molecule has 4 saturated carbocycles. The van der Waals surface area contributed by atoms with Crippen molar-refractivity contribution in [3.63, 3.8) is 0 Å². The van der Waals surface area contributed by atoms with Crippen LogP contribution in [0.2, 0.25) is 0 Å². The first-order chi connectivity index (χ1) is 11.1. The molecule has 124 valence electrons. The molecule has 0 aliphatic heterocycles. The lowest BCUT2D eigenvalue weighted by atomic mass is 9.54. The fourth-order valence-electron chi connectivity index (χ4n) is 5.32. The molecule has 4 heteroatoms. The first kappa shape index (κ1) is 15.3. The molecule has 0 unspecified atom stereocenters. The van der Waals surface area contributed by atoms with Crippen LogP contribution in [0.25, 0.3) is 0 Å². The van der Waals surface area contributed by atoms with Gasteiger partial charge in [-0.3, -0.25) is 0 Å². The second-order valence-corrected chi connectivity index (χ2v) is 8.40.